The molecule has 0 spiro atoms. The number of piperidine rings is 1. The number of carbonyl (C=O) groups excluding carboxylic acids is 2. The number of nitrogens with one attached hydrogen (secondary N) is 1. The van der Waals surface area contributed by atoms with Gasteiger partial charge in [0.25, 0.3) is 11.8 Å². The number of carbonyl (C=O) groups is 2. The molecule has 26 heavy (non-hydrogen) atoms. The fraction of sp³-hybridized carbons (Fsp3) is 0.421. The highest BCUT2D eigenvalue weighted by Crippen LogP contribution is 2.17. The summed E-state index contributed by atoms with van der Waals surface area (Å²) in [4.78, 5) is 28.6. The second-order valence-electron chi connectivity index (χ2n) is 6.80. The molecule has 138 valence electrons. The lowest BCUT2D eigenvalue weighted by atomic mass is 10.0. The van der Waals surface area contributed by atoms with Crippen LogP contribution in [0.4, 0.5) is 5.69 Å². The summed E-state index contributed by atoms with van der Waals surface area (Å²) in [7, 11) is 3.94. The Balaban J connectivity index is 1.53. The summed E-state index contributed by atoms with van der Waals surface area (Å²) < 4.78 is 4.93. The number of aromatic nitrogens is 1. The Labute approximate surface area is 152 Å². The number of anilines is 1. The molecule has 2 amide bonds. The minimum absolute atomic E-state index is 0.0345. The second-order valence-corrected chi connectivity index (χ2v) is 6.80. The van der Waals surface area contributed by atoms with Gasteiger partial charge in [0.05, 0.1) is 0 Å². The SMILES string of the molecule is Cc1cc(C(=O)NC2CCN(C(=O)c3ccc(N(C)C)cc3)CC2)no1. The first-order chi connectivity index (χ1) is 12.4. The van der Waals surface area contributed by atoms with E-state index < -0.39 is 0 Å². The Morgan fingerprint density at radius 3 is 2.38 bits per heavy atom. The topological polar surface area (TPSA) is 78.7 Å². The van der Waals surface area contributed by atoms with Gasteiger partial charge in [0.15, 0.2) is 5.69 Å². The van der Waals surface area contributed by atoms with Crippen molar-refractivity contribution < 1.29 is 14.1 Å². The summed E-state index contributed by atoms with van der Waals surface area (Å²) in [5.74, 6) is 0.411. The number of likely N-dealkylation sites (tertiary alicyclic amines) is 1. The lowest BCUT2D eigenvalue weighted by molar-refractivity contribution is 0.0697. The molecule has 0 aliphatic carbocycles. The van der Waals surface area contributed by atoms with Gasteiger partial charge < -0.3 is 19.6 Å². The van der Waals surface area contributed by atoms with Crippen LogP contribution in [0.3, 0.4) is 0 Å². The molecule has 1 N–H and O–H groups in total. The number of rotatable bonds is 4. The predicted octanol–water partition coefficient (Wildman–Crippen LogP) is 2.08. The Kier molecular flexibility index (Phi) is 5.25. The zero-order valence-corrected chi connectivity index (χ0v) is 15.4. The van der Waals surface area contributed by atoms with Crippen LogP contribution in [0.5, 0.6) is 0 Å². The van der Waals surface area contributed by atoms with Crippen molar-refractivity contribution in [2.24, 2.45) is 0 Å². The summed E-state index contributed by atoms with van der Waals surface area (Å²) in [6.07, 6.45) is 1.45. The van der Waals surface area contributed by atoms with Crippen molar-refractivity contribution in [1.82, 2.24) is 15.4 Å². The molecule has 7 heteroatoms. The molecule has 0 atom stereocenters. The van der Waals surface area contributed by atoms with E-state index in [0.29, 0.717) is 30.1 Å². The molecule has 2 aromatic rings. The molecule has 0 bridgehead atoms. The van der Waals surface area contributed by atoms with Gasteiger partial charge in [-0.15, -0.1) is 0 Å². The van der Waals surface area contributed by atoms with E-state index in [1.807, 2.05) is 48.2 Å². The van der Waals surface area contributed by atoms with Gasteiger partial charge in [-0.1, -0.05) is 5.16 Å². The summed E-state index contributed by atoms with van der Waals surface area (Å²) >= 11 is 0. The molecule has 2 heterocycles. The molecule has 7 nitrogen and oxygen atoms in total. The quantitative estimate of drug-likeness (QED) is 0.907. The largest absolute Gasteiger partial charge is 0.378 e. The van der Waals surface area contributed by atoms with E-state index in [1.54, 1.807) is 13.0 Å². The van der Waals surface area contributed by atoms with Crippen LogP contribution < -0.4 is 10.2 Å². The molecular weight excluding hydrogens is 332 g/mol. The van der Waals surface area contributed by atoms with Gasteiger partial charge >= 0.3 is 0 Å². The first-order valence-electron chi connectivity index (χ1n) is 8.75. The van der Waals surface area contributed by atoms with Crippen LogP contribution in [0, 0.1) is 6.92 Å². The normalized spacial score (nSPS) is 15.0. The second kappa shape index (κ2) is 7.59. The van der Waals surface area contributed by atoms with Gasteiger partial charge in [-0.25, -0.2) is 0 Å². The molecule has 0 unspecified atom stereocenters. The lowest BCUT2D eigenvalue weighted by Crippen LogP contribution is -2.46. The Morgan fingerprint density at radius 1 is 1.19 bits per heavy atom. The highest BCUT2D eigenvalue weighted by molar-refractivity contribution is 5.95. The third-order valence-electron chi connectivity index (χ3n) is 4.61. The highest BCUT2D eigenvalue weighted by atomic mass is 16.5. The zero-order valence-electron chi connectivity index (χ0n) is 15.4. The standard InChI is InChI=1S/C19H24N4O3/c1-13-12-17(21-26-13)18(24)20-15-8-10-23(11-9-15)19(25)14-4-6-16(7-5-14)22(2)3/h4-7,12,15H,8-11H2,1-3H3,(H,20,24). The van der Waals surface area contributed by atoms with Crippen molar-refractivity contribution in [2.75, 3.05) is 32.1 Å². The van der Waals surface area contributed by atoms with Crippen LogP contribution >= 0.6 is 0 Å². The molecule has 1 aromatic heterocycles. The highest BCUT2D eigenvalue weighted by Gasteiger charge is 2.25. The van der Waals surface area contributed by atoms with Gasteiger partial charge in [0.2, 0.25) is 0 Å². The van der Waals surface area contributed by atoms with Crippen molar-refractivity contribution >= 4 is 17.5 Å². The van der Waals surface area contributed by atoms with Crippen molar-refractivity contribution in [3.63, 3.8) is 0 Å². The van der Waals surface area contributed by atoms with Crippen LogP contribution in [0.2, 0.25) is 0 Å². The average Bonchev–Trinajstić information content (AvgIpc) is 3.08. The summed E-state index contributed by atoms with van der Waals surface area (Å²) in [5, 5.41) is 6.69. The number of amides is 2. The number of hydrogen-bond acceptors (Lipinski definition) is 5. The maximum Gasteiger partial charge on any atom is 0.273 e. The molecule has 3 rings (SSSR count). The minimum Gasteiger partial charge on any atom is -0.378 e. The Bertz CT molecular complexity index is 774. The van der Waals surface area contributed by atoms with E-state index in [2.05, 4.69) is 10.5 Å². The van der Waals surface area contributed by atoms with E-state index in [9.17, 15) is 9.59 Å². The van der Waals surface area contributed by atoms with Crippen LogP contribution in [0.25, 0.3) is 0 Å². The first-order valence-corrected chi connectivity index (χ1v) is 8.75. The monoisotopic (exact) mass is 356 g/mol. The smallest absolute Gasteiger partial charge is 0.273 e. The number of benzene rings is 1. The van der Waals surface area contributed by atoms with Crippen LogP contribution in [-0.2, 0) is 0 Å². The van der Waals surface area contributed by atoms with E-state index in [0.717, 1.165) is 18.5 Å². The van der Waals surface area contributed by atoms with E-state index in [-0.39, 0.29) is 17.9 Å². The van der Waals surface area contributed by atoms with Gasteiger partial charge in [-0.3, -0.25) is 9.59 Å². The third-order valence-corrected chi connectivity index (χ3v) is 4.61. The molecule has 1 aromatic carbocycles. The molecule has 0 saturated carbocycles. The zero-order chi connectivity index (χ0) is 18.7. The van der Waals surface area contributed by atoms with Crippen molar-refractivity contribution in [2.45, 2.75) is 25.8 Å². The Hall–Kier alpha value is -2.83. The molecule has 1 aliphatic rings. The van der Waals surface area contributed by atoms with Crippen molar-refractivity contribution in [3.8, 4) is 0 Å². The van der Waals surface area contributed by atoms with Crippen molar-refractivity contribution in [3.05, 3.63) is 47.3 Å². The fourth-order valence-corrected chi connectivity index (χ4v) is 3.04. The maximum absolute atomic E-state index is 12.6. The van der Waals surface area contributed by atoms with Gasteiger partial charge in [-0.05, 0) is 44.0 Å². The lowest BCUT2D eigenvalue weighted by Gasteiger charge is -2.32. The summed E-state index contributed by atoms with van der Waals surface area (Å²) in [6.45, 7) is 2.99. The summed E-state index contributed by atoms with van der Waals surface area (Å²) in [5.41, 5.74) is 2.05. The Morgan fingerprint density at radius 2 is 1.85 bits per heavy atom. The van der Waals surface area contributed by atoms with Gasteiger partial charge in [-0.2, -0.15) is 0 Å². The first kappa shape index (κ1) is 18.0. The number of hydrogen-bond donors (Lipinski definition) is 1. The number of nitrogens with zero attached hydrogens (tertiary/aromatic N) is 3. The fourth-order valence-electron chi connectivity index (χ4n) is 3.04. The number of aryl methyl sites for hydroxylation is 1. The van der Waals surface area contributed by atoms with Crippen LogP contribution in [0.15, 0.2) is 34.9 Å². The molecule has 1 saturated heterocycles. The van der Waals surface area contributed by atoms with E-state index in [4.69, 9.17) is 4.52 Å². The molecule has 0 radical (unpaired) electrons. The maximum atomic E-state index is 12.6. The third kappa shape index (κ3) is 4.04. The average molecular weight is 356 g/mol. The molecule has 1 fully saturated rings. The van der Waals surface area contributed by atoms with Gasteiger partial charge in [0.1, 0.15) is 5.76 Å². The van der Waals surface area contributed by atoms with Gasteiger partial charge in [0, 0.05) is 50.5 Å². The summed E-state index contributed by atoms with van der Waals surface area (Å²) in [6, 6.07) is 9.27. The predicted molar refractivity (Wildman–Crippen MR) is 98.4 cm³/mol. The van der Waals surface area contributed by atoms with Crippen LogP contribution in [-0.4, -0.2) is 55.1 Å². The molecular formula is C19H24N4O3. The van der Waals surface area contributed by atoms with Crippen LogP contribution in [0.1, 0.15) is 39.4 Å². The van der Waals surface area contributed by atoms with E-state index in [1.165, 1.54) is 0 Å². The molecule has 1 aliphatic heterocycles. The minimum atomic E-state index is -0.231. The van der Waals surface area contributed by atoms with Crippen molar-refractivity contribution in [1.29, 1.82) is 0 Å². The van der Waals surface area contributed by atoms with E-state index >= 15 is 0 Å².